The number of likely N-dealkylation sites (tertiary alicyclic amines) is 1. The van der Waals surface area contributed by atoms with E-state index < -0.39 is 0 Å². The van der Waals surface area contributed by atoms with E-state index in [1.807, 2.05) is 0 Å². The van der Waals surface area contributed by atoms with Gasteiger partial charge in [-0.15, -0.1) is 0 Å². The molecule has 1 heterocycles. The zero-order valence-electron chi connectivity index (χ0n) is 13.4. The van der Waals surface area contributed by atoms with Gasteiger partial charge in [0, 0.05) is 24.7 Å². The van der Waals surface area contributed by atoms with Crippen LogP contribution in [-0.2, 0) is 0 Å². The fourth-order valence-electron chi connectivity index (χ4n) is 4.30. The van der Waals surface area contributed by atoms with Gasteiger partial charge in [-0.2, -0.15) is 0 Å². The molecule has 0 aromatic rings. The van der Waals surface area contributed by atoms with Gasteiger partial charge in [-0.3, -0.25) is 4.90 Å². The van der Waals surface area contributed by atoms with Crippen molar-refractivity contribution < 1.29 is 0 Å². The molecule has 106 valence electrons. The third kappa shape index (κ3) is 1.92. The monoisotopic (exact) mass is 252 g/mol. The van der Waals surface area contributed by atoms with Crippen LogP contribution in [0.5, 0.6) is 0 Å². The molecule has 2 rings (SSSR count). The van der Waals surface area contributed by atoms with Crippen LogP contribution in [0.25, 0.3) is 0 Å². The number of hydrogen-bond acceptors (Lipinski definition) is 2. The summed E-state index contributed by atoms with van der Waals surface area (Å²) in [6.07, 6.45) is 1.31. The van der Waals surface area contributed by atoms with Crippen molar-refractivity contribution in [2.24, 2.45) is 16.7 Å². The Bertz CT molecular complexity index is 294. The summed E-state index contributed by atoms with van der Waals surface area (Å²) in [4.78, 5) is 2.79. The molecule has 18 heavy (non-hydrogen) atoms. The molecule has 1 saturated carbocycles. The molecule has 0 aromatic heterocycles. The molecular formula is C16H32N2. The first-order chi connectivity index (χ1) is 8.25. The van der Waals surface area contributed by atoms with Crippen LogP contribution in [-0.4, -0.2) is 36.1 Å². The van der Waals surface area contributed by atoms with Gasteiger partial charge >= 0.3 is 0 Å². The molecule has 2 fully saturated rings. The van der Waals surface area contributed by atoms with Crippen molar-refractivity contribution in [2.45, 2.75) is 73.0 Å². The van der Waals surface area contributed by atoms with E-state index in [0.29, 0.717) is 22.9 Å². The molecule has 1 aliphatic heterocycles. The van der Waals surface area contributed by atoms with Crippen molar-refractivity contribution in [2.75, 3.05) is 13.1 Å². The van der Waals surface area contributed by atoms with Crippen LogP contribution in [0.15, 0.2) is 0 Å². The summed E-state index contributed by atoms with van der Waals surface area (Å²) in [5.74, 6) is 0.755. The fourth-order valence-corrected chi connectivity index (χ4v) is 4.30. The van der Waals surface area contributed by atoms with Gasteiger partial charge in [0.2, 0.25) is 0 Å². The van der Waals surface area contributed by atoms with E-state index in [4.69, 9.17) is 0 Å². The van der Waals surface area contributed by atoms with Crippen LogP contribution in [0.3, 0.4) is 0 Å². The van der Waals surface area contributed by atoms with Crippen molar-refractivity contribution in [1.82, 2.24) is 10.2 Å². The third-order valence-corrected chi connectivity index (χ3v) is 6.36. The molecule has 0 bridgehead atoms. The van der Waals surface area contributed by atoms with Crippen LogP contribution in [0, 0.1) is 16.7 Å². The molecule has 3 atom stereocenters. The second-order valence-corrected chi connectivity index (χ2v) is 7.64. The van der Waals surface area contributed by atoms with Gasteiger partial charge in [-0.25, -0.2) is 0 Å². The lowest BCUT2D eigenvalue weighted by Crippen LogP contribution is -2.55. The number of piperidine rings is 1. The normalized spacial score (nSPS) is 39.8. The molecule has 0 radical (unpaired) electrons. The average molecular weight is 252 g/mol. The Labute approximate surface area is 114 Å². The van der Waals surface area contributed by atoms with E-state index >= 15 is 0 Å². The highest BCUT2D eigenvalue weighted by molar-refractivity contribution is 5.19. The fraction of sp³-hybridized carbons (Fsp3) is 1.00. The highest BCUT2D eigenvalue weighted by atomic mass is 15.3. The minimum Gasteiger partial charge on any atom is -0.314 e. The molecular weight excluding hydrogens is 220 g/mol. The summed E-state index contributed by atoms with van der Waals surface area (Å²) < 4.78 is 0. The summed E-state index contributed by atoms with van der Waals surface area (Å²) in [6.45, 7) is 19.2. The maximum atomic E-state index is 3.66. The summed E-state index contributed by atoms with van der Waals surface area (Å²) in [5, 5.41) is 3.66. The van der Waals surface area contributed by atoms with Gasteiger partial charge < -0.3 is 5.32 Å². The zero-order valence-corrected chi connectivity index (χ0v) is 13.4. The SMILES string of the molecule is CCNC1CCN(C2C(C)(C)C2(C)C)C(C)C1C. The summed E-state index contributed by atoms with van der Waals surface area (Å²) >= 11 is 0. The van der Waals surface area contributed by atoms with Gasteiger partial charge in [0.1, 0.15) is 0 Å². The lowest BCUT2D eigenvalue weighted by atomic mass is 9.86. The van der Waals surface area contributed by atoms with E-state index in [1.54, 1.807) is 0 Å². The largest absolute Gasteiger partial charge is 0.314 e. The quantitative estimate of drug-likeness (QED) is 0.830. The highest BCUT2D eigenvalue weighted by Crippen LogP contribution is 2.66. The first kappa shape index (κ1) is 14.3. The Morgan fingerprint density at radius 2 is 1.67 bits per heavy atom. The van der Waals surface area contributed by atoms with Crippen molar-refractivity contribution in [1.29, 1.82) is 0 Å². The van der Waals surface area contributed by atoms with Crippen LogP contribution < -0.4 is 5.32 Å². The standard InChI is InChI=1S/C16H32N2/c1-8-17-13-9-10-18(12(3)11(13)2)14-15(4,5)16(14,6)7/h11-14,17H,8-10H2,1-7H3. The predicted octanol–water partition coefficient (Wildman–Crippen LogP) is 3.13. The highest BCUT2D eigenvalue weighted by Gasteiger charge is 2.67. The Balaban J connectivity index is 2.06. The van der Waals surface area contributed by atoms with Crippen LogP contribution in [0.1, 0.15) is 54.9 Å². The van der Waals surface area contributed by atoms with Gasteiger partial charge in [-0.05, 0) is 36.6 Å². The molecule has 1 aliphatic carbocycles. The Kier molecular flexibility index (Phi) is 3.57. The van der Waals surface area contributed by atoms with Gasteiger partial charge in [0.15, 0.2) is 0 Å². The Morgan fingerprint density at radius 3 is 2.11 bits per heavy atom. The lowest BCUT2D eigenvalue weighted by molar-refractivity contribution is 0.0627. The Morgan fingerprint density at radius 1 is 1.11 bits per heavy atom. The average Bonchev–Trinajstić information content (AvgIpc) is 2.67. The second-order valence-electron chi connectivity index (χ2n) is 7.64. The van der Waals surface area contributed by atoms with Crippen molar-refractivity contribution >= 4 is 0 Å². The summed E-state index contributed by atoms with van der Waals surface area (Å²) in [6, 6.07) is 2.19. The molecule has 2 aliphatic rings. The maximum Gasteiger partial charge on any atom is 0.0212 e. The Hall–Kier alpha value is -0.0800. The van der Waals surface area contributed by atoms with Gasteiger partial charge in [0.25, 0.3) is 0 Å². The van der Waals surface area contributed by atoms with Crippen molar-refractivity contribution in [3.05, 3.63) is 0 Å². The smallest absolute Gasteiger partial charge is 0.0212 e. The van der Waals surface area contributed by atoms with Gasteiger partial charge in [0.05, 0.1) is 0 Å². The van der Waals surface area contributed by atoms with Crippen LogP contribution >= 0.6 is 0 Å². The minimum absolute atomic E-state index is 0.478. The first-order valence-electron chi connectivity index (χ1n) is 7.74. The maximum absolute atomic E-state index is 3.66. The van der Waals surface area contributed by atoms with E-state index in [2.05, 4.69) is 58.7 Å². The number of rotatable bonds is 3. The second kappa shape index (κ2) is 4.49. The number of hydrogen-bond donors (Lipinski definition) is 1. The predicted molar refractivity (Wildman–Crippen MR) is 78.8 cm³/mol. The van der Waals surface area contributed by atoms with E-state index in [0.717, 1.165) is 18.5 Å². The third-order valence-electron chi connectivity index (χ3n) is 6.36. The lowest BCUT2D eigenvalue weighted by Gasteiger charge is -2.44. The summed E-state index contributed by atoms with van der Waals surface area (Å²) in [5.41, 5.74) is 0.956. The molecule has 2 heteroatoms. The molecule has 0 amide bonds. The summed E-state index contributed by atoms with van der Waals surface area (Å²) in [7, 11) is 0. The van der Waals surface area contributed by atoms with Crippen LogP contribution in [0.2, 0.25) is 0 Å². The molecule has 0 spiro atoms. The van der Waals surface area contributed by atoms with Gasteiger partial charge in [-0.1, -0.05) is 41.5 Å². The molecule has 1 saturated heterocycles. The number of nitrogens with zero attached hydrogens (tertiary/aromatic N) is 1. The number of nitrogens with one attached hydrogen (secondary N) is 1. The van der Waals surface area contributed by atoms with Crippen molar-refractivity contribution in [3.63, 3.8) is 0 Å². The molecule has 2 nitrogen and oxygen atoms in total. The topological polar surface area (TPSA) is 15.3 Å². The minimum atomic E-state index is 0.478. The zero-order chi connectivity index (χ0) is 13.7. The van der Waals surface area contributed by atoms with E-state index in [9.17, 15) is 0 Å². The molecule has 0 aromatic carbocycles. The molecule has 3 unspecified atom stereocenters. The molecule has 1 N–H and O–H groups in total. The first-order valence-corrected chi connectivity index (χ1v) is 7.74. The van der Waals surface area contributed by atoms with E-state index in [-0.39, 0.29) is 0 Å². The van der Waals surface area contributed by atoms with E-state index in [1.165, 1.54) is 13.0 Å². The van der Waals surface area contributed by atoms with Crippen LogP contribution in [0.4, 0.5) is 0 Å². The van der Waals surface area contributed by atoms with Crippen molar-refractivity contribution in [3.8, 4) is 0 Å².